The maximum Gasteiger partial charge on any atom is 0.0604 e. The van der Waals surface area contributed by atoms with E-state index in [-0.39, 0.29) is 0 Å². The standard InChI is InChI=1S/C24H18NP/c1-3-11-19(12-4-1)25-23-17-9-7-15-21(23)22-16-8-10-18-24(22)26(25)20-13-5-2-6-14-20/h1-18H. The third kappa shape index (κ3) is 2.44. The minimum Gasteiger partial charge on any atom is -0.311 e. The zero-order valence-corrected chi connectivity index (χ0v) is 15.2. The summed E-state index contributed by atoms with van der Waals surface area (Å²) in [6.07, 6.45) is 0. The second-order valence-corrected chi connectivity index (χ2v) is 8.35. The molecule has 0 fully saturated rings. The summed E-state index contributed by atoms with van der Waals surface area (Å²) in [5.41, 5.74) is 5.18. The Bertz CT molecular complexity index is 957. The Balaban J connectivity index is 1.83. The van der Waals surface area contributed by atoms with E-state index in [1.54, 1.807) is 0 Å². The minimum absolute atomic E-state index is 0.676. The van der Waals surface area contributed by atoms with E-state index in [1.807, 2.05) is 0 Å². The van der Waals surface area contributed by atoms with Gasteiger partial charge < -0.3 is 4.67 Å². The lowest BCUT2D eigenvalue weighted by Crippen LogP contribution is -2.29. The van der Waals surface area contributed by atoms with Gasteiger partial charge in [0.05, 0.1) is 13.8 Å². The molecule has 0 bridgehead atoms. The van der Waals surface area contributed by atoms with Gasteiger partial charge in [0.1, 0.15) is 0 Å². The van der Waals surface area contributed by atoms with Crippen LogP contribution in [0.25, 0.3) is 11.1 Å². The van der Waals surface area contributed by atoms with Crippen LogP contribution in [0.1, 0.15) is 0 Å². The molecule has 1 unspecified atom stereocenters. The molecule has 1 nitrogen and oxygen atoms in total. The van der Waals surface area contributed by atoms with E-state index >= 15 is 0 Å². The first-order valence-electron chi connectivity index (χ1n) is 8.82. The number of para-hydroxylation sites is 2. The van der Waals surface area contributed by atoms with Crippen LogP contribution in [0.3, 0.4) is 0 Å². The highest BCUT2D eigenvalue weighted by Gasteiger charge is 2.32. The molecule has 0 radical (unpaired) electrons. The highest BCUT2D eigenvalue weighted by molar-refractivity contribution is 7.75. The number of hydrogen-bond acceptors (Lipinski definition) is 1. The molecule has 2 heteroatoms. The summed E-state index contributed by atoms with van der Waals surface area (Å²) in [5, 5.41) is 2.78. The second-order valence-electron chi connectivity index (χ2n) is 6.33. The lowest BCUT2D eigenvalue weighted by molar-refractivity contribution is 1.40. The summed E-state index contributed by atoms with van der Waals surface area (Å²) in [7, 11) is -0.676. The van der Waals surface area contributed by atoms with Gasteiger partial charge in [-0.1, -0.05) is 91.0 Å². The van der Waals surface area contributed by atoms with E-state index < -0.39 is 8.07 Å². The fraction of sp³-hybridized carbons (Fsp3) is 0. The summed E-state index contributed by atoms with van der Waals surface area (Å²) in [4.78, 5) is 0. The first-order chi connectivity index (χ1) is 12.9. The Morgan fingerprint density at radius 3 is 1.85 bits per heavy atom. The van der Waals surface area contributed by atoms with Crippen LogP contribution in [0.15, 0.2) is 109 Å². The number of fused-ring (bicyclic) bond motifs is 3. The van der Waals surface area contributed by atoms with Gasteiger partial charge in [-0.15, -0.1) is 0 Å². The van der Waals surface area contributed by atoms with Crippen LogP contribution in [0.4, 0.5) is 11.4 Å². The predicted octanol–water partition coefficient (Wildman–Crippen LogP) is 5.85. The monoisotopic (exact) mass is 351 g/mol. The molecule has 26 heavy (non-hydrogen) atoms. The van der Waals surface area contributed by atoms with E-state index in [0.29, 0.717) is 0 Å². The van der Waals surface area contributed by atoms with Crippen molar-refractivity contribution in [3.8, 4) is 11.1 Å². The van der Waals surface area contributed by atoms with Gasteiger partial charge in [0.15, 0.2) is 0 Å². The molecule has 0 aromatic heterocycles. The normalized spacial score (nSPS) is 15.2. The van der Waals surface area contributed by atoms with Crippen molar-refractivity contribution in [2.45, 2.75) is 0 Å². The average Bonchev–Trinajstić information content (AvgIpc) is 2.74. The number of anilines is 2. The largest absolute Gasteiger partial charge is 0.311 e. The Morgan fingerprint density at radius 2 is 1.08 bits per heavy atom. The van der Waals surface area contributed by atoms with Crippen LogP contribution in [-0.2, 0) is 0 Å². The van der Waals surface area contributed by atoms with Crippen molar-refractivity contribution in [2.75, 3.05) is 4.67 Å². The first kappa shape index (κ1) is 15.4. The maximum atomic E-state index is 2.53. The van der Waals surface area contributed by atoms with Gasteiger partial charge in [-0.25, -0.2) is 0 Å². The highest BCUT2D eigenvalue weighted by atomic mass is 31.1. The minimum atomic E-state index is -0.676. The Kier molecular flexibility index (Phi) is 3.81. The summed E-state index contributed by atoms with van der Waals surface area (Å²) in [6.45, 7) is 0. The van der Waals surface area contributed by atoms with Gasteiger partial charge in [0.25, 0.3) is 0 Å². The molecule has 0 amide bonds. The van der Waals surface area contributed by atoms with E-state index in [9.17, 15) is 0 Å². The van der Waals surface area contributed by atoms with Crippen LogP contribution >= 0.6 is 8.07 Å². The molecule has 5 rings (SSSR count). The number of nitrogens with zero attached hydrogens (tertiary/aromatic N) is 1. The van der Waals surface area contributed by atoms with E-state index in [0.717, 1.165) is 0 Å². The molecular weight excluding hydrogens is 333 g/mol. The zero-order valence-electron chi connectivity index (χ0n) is 14.3. The van der Waals surface area contributed by atoms with Crippen molar-refractivity contribution in [3.63, 3.8) is 0 Å². The summed E-state index contributed by atoms with van der Waals surface area (Å²) in [6, 6.07) is 39.3. The van der Waals surface area contributed by atoms with Crippen LogP contribution in [0.2, 0.25) is 0 Å². The molecule has 1 aliphatic rings. The summed E-state index contributed by atoms with van der Waals surface area (Å²) < 4.78 is 2.53. The van der Waals surface area contributed by atoms with Crippen molar-refractivity contribution in [3.05, 3.63) is 109 Å². The molecule has 1 atom stereocenters. The second kappa shape index (κ2) is 6.44. The van der Waals surface area contributed by atoms with Crippen molar-refractivity contribution < 1.29 is 0 Å². The van der Waals surface area contributed by atoms with Crippen LogP contribution in [0.5, 0.6) is 0 Å². The van der Waals surface area contributed by atoms with Gasteiger partial charge in [0.2, 0.25) is 0 Å². The molecular formula is C24H18NP. The predicted molar refractivity (Wildman–Crippen MR) is 113 cm³/mol. The number of rotatable bonds is 2. The fourth-order valence-corrected chi connectivity index (χ4v) is 6.22. The summed E-state index contributed by atoms with van der Waals surface area (Å²) in [5.74, 6) is 0. The Hall–Kier alpha value is -2.89. The molecule has 0 aliphatic carbocycles. The summed E-state index contributed by atoms with van der Waals surface area (Å²) >= 11 is 0. The lowest BCUT2D eigenvalue weighted by Gasteiger charge is -2.40. The first-order valence-corrected chi connectivity index (χ1v) is 10.1. The molecule has 0 N–H and O–H groups in total. The lowest BCUT2D eigenvalue weighted by atomic mass is 10.0. The quantitative estimate of drug-likeness (QED) is 0.409. The smallest absolute Gasteiger partial charge is 0.0604 e. The van der Waals surface area contributed by atoms with Crippen LogP contribution < -0.4 is 15.3 Å². The molecule has 4 aromatic carbocycles. The maximum absolute atomic E-state index is 2.53. The van der Waals surface area contributed by atoms with Crippen molar-refractivity contribution in [2.24, 2.45) is 0 Å². The molecule has 0 saturated carbocycles. The van der Waals surface area contributed by atoms with Crippen molar-refractivity contribution in [1.82, 2.24) is 0 Å². The van der Waals surface area contributed by atoms with E-state index in [2.05, 4.69) is 114 Å². The van der Waals surface area contributed by atoms with Crippen molar-refractivity contribution >= 4 is 30.1 Å². The van der Waals surface area contributed by atoms with Gasteiger partial charge in [-0.2, -0.15) is 0 Å². The molecule has 4 aromatic rings. The van der Waals surface area contributed by atoms with Gasteiger partial charge in [-0.3, -0.25) is 0 Å². The molecule has 0 saturated heterocycles. The molecule has 124 valence electrons. The molecule has 1 heterocycles. The number of hydrogen-bond donors (Lipinski definition) is 0. The van der Waals surface area contributed by atoms with Crippen LogP contribution in [-0.4, -0.2) is 0 Å². The van der Waals surface area contributed by atoms with Crippen molar-refractivity contribution in [1.29, 1.82) is 0 Å². The van der Waals surface area contributed by atoms with Gasteiger partial charge in [0, 0.05) is 21.9 Å². The van der Waals surface area contributed by atoms with E-state index in [4.69, 9.17) is 0 Å². The van der Waals surface area contributed by atoms with Crippen LogP contribution in [0, 0.1) is 0 Å². The van der Waals surface area contributed by atoms with E-state index in [1.165, 1.54) is 33.1 Å². The Morgan fingerprint density at radius 1 is 0.500 bits per heavy atom. The SMILES string of the molecule is c1ccc(N2c3ccccc3-c3ccccc3P2c2ccccc2)cc1. The third-order valence-corrected chi connectivity index (χ3v) is 7.24. The zero-order chi connectivity index (χ0) is 17.3. The fourth-order valence-electron chi connectivity index (χ4n) is 3.64. The van der Waals surface area contributed by atoms with Gasteiger partial charge in [-0.05, 0) is 23.8 Å². The average molecular weight is 351 g/mol. The Labute approximate surface area is 155 Å². The molecule has 0 spiro atoms. The number of benzene rings is 4. The van der Waals surface area contributed by atoms with Gasteiger partial charge >= 0.3 is 0 Å². The topological polar surface area (TPSA) is 3.24 Å². The third-order valence-electron chi connectivity index (χ3n) is 4.76. The molecule has 1 aliphatic heterocycles. The highest BCUT2D eigenvalue weighted by Crippen LogP contribution is 2.55.